The van der Waals surface area contributed by atoms with Crippen molar-refractivity contribution in [2.24, 2.45) is 0 Å². The van der Waals surface area contributed by atoms with E-state index in [1.165, 1.54) is 30.9 Å². The molecule has 2 unspecified atom stereocenters. The van der Waals surface area contributed by atoms with Gasteiger partial charge in [-0.3, -0.25) is 0 Å². The fraction of sp³-hybridized carbons (Fsp3) is 0.714. The highest BCUT2D eigenvalue weighted by molar-refractivity contribution is 7.10. The second-order valence-corrected chi connectivity index (χ2v) is 6.24. The molecule has 0 amide bonds. The molecule has 1 aliphatic rings. The molecule has 1 fully saturated rings. The van der Waals surface area contributed by atoms with Crippen molar-refractivity contribution >= 4 is 11.3 Å². The molecule has 0 saturated carbocycles. The topological polar surface area (TPSA) is 18.5 Å². The van der Waals surface area contributed by atoms with Crippen LogP contribution in [0.4, 0.5) is 0 Å². The summed E-state index contributed by atoms with van der Waals surface area (Å²) in [5.74, 6) is 0. The van der Waals surface area contributed by atoms with Gasteiger partial charge in [0.25, 0.3) is 0 Å². The van der Waals surface area contributed by atoms with E-state index in [1.54, 1.807) is 0 Å². The van der Waals surface area contributed by atoms with E-state index >= 15 is 0 Å². The number of nitrogens with zero attached hydrogens (tertiary/aromatic N) is 2. The number of rotatable bonds is 5. The second-order valence-electron chi connectivity index (χ2n) is 5.26. The van der Waals surface area contributed by atoms with E-state index in [0.717, 1.165) is 6.54 Å². The van der Waals surface area contributed by atoms with Gasteiger partial charge in [-0.2, -0.15) is 0 Å². The molecule has 3 nitrogen and oxygen atoms in total. The third-order valence-electron chi connectivity index (χ3n) is 3.83. The molecule has 0 aromatic carbocycles. The first-order valence-electron chi connectivity index (χ1n) is 6.86. The summed E-state index contributed by atoms with van der Waals surface area (Å²) in [6.45, 7) is 6.79. The minimum Gasteiger partial charge on any atom is -0.309 e. The summed E-state index contributed by atoms with van der Waals surface area (Å²) in [5.41, 5.74) is 0. The minimum atomic E-state index is 0.508. The van der Waals surface area contributed by atoms with Crippen molar-refractivity contribution in [3.8, 4) is 0 Å². The van der Waals surface area contributed by atoms with Crippen molar-refractivity contribution in [2.45, 2.75) is 25.4 Å². The van der Waals surface area contributed by atoms with Crippen LogP contribution in [0, 0.1) is 0 Å². The molecular formula is C14H25N3S. The Morgan fingerprint density at radius 1 is 1.44 bits per heavy atom. The molecule has 2 heterocycles. The maximum Gasteiger partial charge on any atom is 0.0430 e. The molecule has 18 heavy (non-hydrogen) atoms. The third-order valence-corrected chi connectivity index (χ3v) is 4.81. The van der Waals surface area contributed by atoms with Crippen LogP contribution in [0.5, 0.6) is 0 Å². The zero-order valence-corrected chi connectivity index (χ0v) is 12.5. The molecule has 1 N–H and O–H groups in total. The maximum atomic E-state index is 3.63. The first-order valence-corrected chi connectivity index (χ1v) is 7.74. The van der Waals surface area contributed by atoms with Gasteiger partial charge in [0.1, 0.15) is 0 Å². The minimum absolute atomic E-state index is 0.508. The van der Waals surface area contributed by atoms with E-state index < -0.39 is 0 Å². The van der Waals surface area contributed by atoms with E-state index in [4.69, 9.17) is 0 Å². The predicted molar refractivity (Wildman–Crippen MR) is 79.3 cm³/mol. The summed E-state index contributed by atoms with van der Waals surface area (Å²) >= 11 is 1.87. The molecule has 2 rings (SSSR count). The smallest absolute Gasteiger partial charge is 0.0430 e. The van der Waals surface area contributed by atoms with Gasteiger partial charge in [0.2, 0.25) is 0 Å². The van der Waals surface area contributed by atoms with Crippen LogP contribution in [-0.2, 0) is 0 Å². The van der Waals surface area contributed by atoms with E-state index in [-0.39, 0.29) is 0 Å². The van der Waals surface area contributed by atoms with Gasteiger partial charge in [-0.05, 0) is 38.5 Å². The number of thiophene rings is 1. The lowest BCUT2D eigenvalue weighted by Crippen LogP contribution is -2.51. The molecule has 1 aromatic rings. The number of piperazine rings is 1. The normalized spacial score (nSPS) is 24.3. The average Bonchev–Trinajstić information content (AvgIpc) is 2.87. The SMILES string of the molecule is CCNC(CC1CN(C)CCN1C)c1cccs1. The van der Waals surface area contributed by atoms with Gasteiger partial charge >= 0.3 is 0 Å². The molecule has 102 valence electrons. The summed E-state index contributed by atoms with van der Waals surface area (Å²) in [7, 11) is 4.49. The molecule has 2 atom stereocenters. The molecule has 1 aliphatic heterocycles. The maximum absolute atomic E-state index is 3.63. The summed E-state index contributed by atoms with van der Waals surface area (Å²) in [6, 6.07) is 5.58. The first-order chi connectivity index (χ1) is 8.70. The average molecular weight is 267 g/mol. The Labute approximate surface area is 115 Å². The fourth-order valence-corrected chi connectivity index (χ4v) is 3.48. The number of likely N-dealkylation sites (N-methyl/N-ethyl adjacent to an activating group) is 2. The van der Waals surface area contributed by atoms with Crippen LogP contribution in [0.15, 0.2) is 17.5 Å². The highest BCUT2D eigenvalue weighted by Gasteiger charge is 2.25. The Bertz CT molecular complexity index is 339. The van der Waals surface area contributed by atoms with Crippen molar-refractivity contribution < 1.29 is 0 Å². The molecule has 0 aliphatic carbocycles. The zero-order valence-electron chi connectivity index (χ0n) is 11.7. The quantitative estimate of drug-likeness (QED) is 0.881. The highest BCUT2D eigenvalue weighted by Crippen LogP contribution is 2.25. The van der Waals surface area contributed by atoms with E-state index in [9.17, 15) is 0 Å². The molecule has 0 bridgehead atoms. The van der Waals surface area contributed by atoms with Crippen molar-refractivity contribution in [3.63, 3.8) is 0 Å². The van der Waals surface area contributed by atoms with Gasteiger partial charge in [-0.25, -0.2) is 0 Å². The summed E-state index contributed by atoms with van der Waals surface area (Å²) in [6.07, 6.45) is 1.20. The number of nitrogens with one attached hydrogen (secondary N) is 1. The lowest BCUT2D eigenvalue weighted by Gasteiger charge is -2.39. The van der Waals surface area contributed by atoms with E-state index in [0.29, 0.717) is 12.1 Å². The summed E-state index contributed by atoms with van der Waals surface area (Å²) < 4.78 is 0. The summed E-state index contributed by atoms with van der Waals surface area (Å²) in [4.78, 5) is 6.43. The lowest BCUT2D eigenvalue weighted by molar-refractivity contribution is 0.101. The standard InChI is InChI=1S/C14H25N3S/c1-4-15-13(14-6-5-9-18-14)10-12-11-16(2)7-8-17(12)3/h5-6,9,12-13,15H,4,7-8,10-11H2,1-3H3. The molecular weight excluding hydrogens is 242 g/mol. The Hall–Kier alpha value is -0.420. The largest absolute Gasteiger partial charge is 0.309 e. The molecule has 0 radical (unpaired) electrons. The van der Waals surface area contributed by atoms with Gasteiger partial charge in [0.05, 0.1) is 0 Å². The first kappa shape index (κ1) is 14.0. The van der Waals surface area contributed by atoms with Crippen LogP contribution >= 0.6 is 11.3 Å². The number of hydrogen-bond acceptors (Lipinski definition) is 4. The van der Waals surface area contributed by atoms with E-state index in [1.807, 2.05) is 11.3 Å². The van der Waals surface area contributed by atoms with Crippen LogP contribution in [0.25, 0.3) is 0 Å². The van der Waals surface area contributed by atoms with Gasteiger partial charge in [0, 0.05) is 36.6 Å². The van der Waals surface area contributed by atoms with E-state index in [2.05, 4.69) is 53.6 Å². The lowest BCUT2D eigenvalue weighted by atomic mass is 10.0. The van der Waals surface area contributed by atoms with Crippen molar-refractivity contribution in [3.05, 3.63) is 22.4 Å². The Morgan fingerprint density at radius 2 is 2.28 bits per heavy atom. The molecule has 4 heteroatoms. The van der Waals surface area contributed by atoms with Crippen LogP contribution in [0.2, 0.25) is 0 Å². The molecule has 1 aromatic heterocycles. The highest BCUT2D eigenvalue weighted by atomic mass is 32.1. The van der Waals surface area contributed by atoms with Crippen LogP contribution in [-0.4, -0.2) is 56.1 Å². The molecule has 0 spiro atoms. The fourth-order valence-electron chi connectivity index (χ4n) is 2.66. The van der Waals surface area contributed by atoms with Crippen LogP contribution < -0.4 is 5.32 Å². The predicted octanol–water partition coefficient (Wildman–Crippen LogP) is 2.03. The van der Waals surface area contributed by atoms with Crippen molar-refractivity contribution in [2.75, 3.05) is 40.3 Å². The number of hydrogen-bond donors (Lipinski definition) is 1. The van der Waals surface area contributed by atoms with Gasteiger partial charge in [-0.15, -0.1) is 11.3 Å². The monoisotopic (exact) mass is 267 g/mol. The Balaban J connectivity index is 1.99. The third kappa shape index (κ3) is 3.54. The van der Waals surface area contributed by atoms with Crippen LogP contribution in [0.3, 0.4) is 0 Å². The van der Waals surface area contributed by atoms with Crippen molar-refractivity contribution in [1.29, 1.82) is 0 Å². The second kappa shape index (κ2) is 6.66. The van der Waals surface area contributed by atoms with Crippen LogP contribution in [0.1, 0.15) is 24.3 Å². The van der Waals surface area contributed by atoms with Gasteiger partial charge in [0.15, 0.2) is 0 Å². The van der Waals surface area contributed by atoms with Gasteiger partial charge in [-0.1, -0.05) is 13.0 Å². The zero-order chi connectivity index (χ0) is 13.0. The van der Waals surface area contributed by atoms with Gasteiger partial charge < -0.3 is 15.1 Å². The Morgan fingerprint density at radius 3 is 2.94 bits per heavy atom. The molecule has 1 saturated heterocycles. The summed E-state index contributed by atoms with van der Waals surface area (Å²) in [5, 5.41) is 5.81. The van der Waals surface area contributed by atoms with Crippen molar-refractivity contribution in [1.82, 2.24) is 15.1 Å². The Kier molecular flexibility index (Phi) is 5.18.